The number of rotatable bonds is 9. The molecule has 0 radical (unpaired) electrons. The Hall–Kier alpha value is -3.36. The summed E-state index contributed by atoms with van der Waals surface area (Å²) < 4.78 is 11.0. The molecule has 2 heterocycles. The fourth-order valence-electron chi connectivity index (χ4n) is 4.49. The lowest BCUT2D eigenvalue weighted by molar-refractivity contribution is -0.140. The van der Waals surface area contributed by atoms with Crippen molar-refractivity contribution in [3.8, 4) is 11.5 Å². The molecule has 2 aromatic rings. The van der Waals surface area contributed by atoms with Gasteiger partial charge in [0.25, 0.3) is 11.7 Å². The molecule has 8 nitrogen and oxygen atoms in total. The van der Waals surface area contributed by atoms with E-state index in [1.54, 1.807) is 36.4 Å². The summed E-state index contributed by atoms with van der Waals surface area (Å²) in [6.07, 6.45) is 1.56. The van der Waals surface area contributed by atoms with Gasteiger partial charge in [0, 0.05) is 31.7 Å². The highest BCUT2D eigenvalue weighted by molar-refractivity contribution is 6.46. The van der Waals surface area contributed by atoms with Crippen molar-refractivity contribution in [2.24, 2.45) is 0 Å². The number of hydrogen-bond acceptors (Lipinski definition) is 7. The fourth-order valence-corrected chi connectivity index (χ4v) is 4.49. The number of morpholine rings is 1. The van der Waals surface area contributed by atoms with Crippen LogP contribution in [0.2, 0.25) is 0 Å². The van der Waals surface area contributed by atoms with Crippen molar-refractivity contribution in [2.45, 2.75) is 25.8 Å². The van der Waals surface area contributed by atoms with Gasteiger partial charge in [0.05, 0.1) is 31.4 Å². The van der Waals surface area contributed by atoms with Crippen LogP contribution < -0.4 is 4.74 Å². The Morgan fingerprint density at radius 2 is 1.71 bits per heavy atom. The molecule has 0 spiro atoms. The lowest BCUT2D eigenvalue weighted by atomic mass is 9.95. The van der Waals surface area contributed by atoms with Gasteiger partial charge < -0.3 is 24.6 Å². The third kappa shape index (κ3) is 5.66. The number of carbonyl (C=O) groups is 2. The van der Waals surface area contributed by atoms with E-state index in [1.165, 1.54) is 17.0 Å². The summed E-state index contributed by atoms with van der Waals surface area (Å²) in [6, 6.07) is 12.5. The summed E-state index contributed by atoms with van der Waals surface area (Å²) in [7, 11) is 0. The summed E-state index contributed by atoms with van der Waals surface area (Å²) in [5.41, 5.74) is 1.14. The summed E-state index contributed by atoms with van der Waals surface area (Å²) in [6.45, 7) is 6.84. The highest BCUT2D eigenvalue weighted by atomic mass is 16.5. The van der Waals surface area contributed by atoms with E-state index in [1.807, 2.05) is 6.92 Å². The number of ether oxygens (including phenoxy) is 2. The Bertz CT molecular complexity index is 1060. The lowest BCUT2D eigenvalue weighted by Gasteiger charge is -2.29. The van der Waals surface area contributed by atoms with Crippen LogP contribution >= 0.6 is 0 Å². The molecule has 2 fully saturated rings. The van der Waals surface area contributed by atoms with Crippen molar-refractivity contribution in [3.05, 3.63) is 65.2 Å². The molecule has 2 aliphatic rings. The van der Waals surface area contributed by atoms with Crippen LogP contribution in [0.4, 0.5) is 0 Å². The molecule has 1 amide bonds. The molecule has 186 valence electrons. The van der Waals surface area contributed by atoms with Crippen LogP contribution in [0, 0.1) is 0 Å². The Kier molecular flexibility index (Phi) is 8.05. The second kappa shape index (κ2) is 11.4. The molecule has 35 heavy (non-hydrogen) atoms. The molecular formula is C27H32N2O6. The highest BCUT2D eigenvalue weighted by Crippen LogP contribution is 2.40. The Labute approximate surface area is 205 Å². The van der Waals surface area contributed by atoms with Gasteiger partial charge >= 0.3 is 0 Å². The first-order chi connectivity index (χ1) is 17.0. The second-order valence-electron chi connectivity index (χ2n) is 8.76. The van der Waals surface area contributed by atoms with E-state index in [4.69, 9.17) is 9.47 Å². The zero-order valence-electron chi connectivity index (χ0n) is 20.0. The van der Waals surface area contributed by atoms with Crippen molar-refractivity contribution < 1.29 is 29.3 Å². The maximum Gasteiger partial charge on any atom is 0.295 e. The zero-order valence-corrected chi connectivity index (χ0v) is 20.0. The van der Waals surface area contributed by atoms with Crippen LogP contribution in [0.1, 0.15) is 36.9 Å². The van der Waals surface area contributed by atoms with Crippen molar-refractivity contribution in [3.63, 3.8) is 0 Å². The number of aliphatic hydroxyl groups excluding tert-OH is 1. The SMILES string of the molecule is CCCOc1ccc(/C(O)=C2\C(=O)C(=O)N(CCCN3CCOCC3)[C@@H]2c2ccc(O)cc2)cc1. The molecular weight excluding hydrogens is 448 g/mol. The van der Waals surface area contributed by atoms with Gasteiger partial charge in [0.15, 0.2) is 0 Å². The number of benzene rings is 2. The number of aliphatic hydroxyl groups is 1. The first-order valence-corrected chi connectivity index (χ1v) is 12.1. The van der Waals surface area contributed by atoms with Gasteiger partial charge in [-0.2, -0.15) is 0 Å². The number of nitrogens with zero attached hydrogens (tertiary/aromatic N) is 2. The van der Waals surface area contributed by atoms with Gasteiger partial charge in [0.1, 0.15) is 17.3 Å². The molecule has 4 rings (SSSR count). The number of hydrogen-bond donors (Lipinski definition) is 2. The van der Waals surface area contributed by atoms with E-state index in [0.717, 1.165) is 26.1 Å². The number of Topliss-reactive ketones (excluding diaryl/α,β-unsaturated/α-hetero) is 1. The monoisotopic (exact) mass is 480 g/mol. The first kappa shape index (κ1) is 24.8. The number of carbonyl (C=O) groups excluding carboxylic acids is 2. The predicted molar refractivity (Wildman–Crippen MR) is 131 cm³/mol. The molecule has 2 saturated heterocycles. The molecule has 8 heteroatoms. The third-order valence-electron chi connectivity index (χ3n) is 6.33. The number of amides is 1. The number of phenols is 1. The van der Waals surface area contributed by atoms with Gasteiger partial charge in [-0.1, -0.05) is 19.1 Å². The lowest BCUT2D eigenvalue weighted by Crippen LogP contribution is -2.38. The van der Waals surface area contributed by atoms with Gasteiger partial charge in [-0.3, -0.25) is 14.5 Å². The summed E-state index contributed by atoms with van der Waals surface area (Å²) in [5, 5.41) is 20.9. The van der Waals surface area contributed by atoms with Crippen molar-refractivity contribution >= 4 is 17.4 Å². The van der Waals surface area contributed by atoms with Gasteiger partial charge in [0.2, 0.25) is 0 Å². The van der Waals surface area contributed by atoms with Crippen LogP contribution in [0.3, 0.4) is 0 Å². The fraction of sp³-hybridized carbons (Fsp3) is 0.407. The van der Waals surface area contributed by atoms with E-state index in [2.05, 4.69) is 4.90 Å². The zero-order chi connectivity index (χ0) is 24.8. The van der Waals surface area contributed by atoms with E-state index >= 15 is 0 Å². The number of likely N-dealkylation sites (tertiary alicyclic amines) is 1. The largest absolute Gasteiger partial charge is 0.508 e. The van der Waals surface area contributed by atoms with Crippen molar-refractivity contribution in [1.29, 1.82) is 0 Å². The maximum absolute atomic E-state index is 13.1. The quantitative estimate of drug-likeness (QED) is 0.323. The summed E-state index contributed by atoms with van der Waals surface area (Å²) in [4.78, 5) is 30.0. The number of ketones is 1. The minimum Gasteiger partial charge on any atom is -0.508 e. The molecule has 0 bridgehead atoms. The van der Waals surface area contributed by atoms with Crippen molar-refractivity contribution in [2.75, 3.05) is 46.0 Å². The molecule has 2 aromatic carbocycles. The number of aromatic hydroxyl groups is 1. The van der Waals surface area contributed by atoms with Crippen LogP contribution in [-0.2, 0) is 14.3 Å². The molecule has 0 saturated carbocycles. The minimum atomic E-state index is -0.740. The molecule has 2 aliphatic heterocycles. The standard InChI is InChI=1S/C27H32N2O6/c1-2-16-35-22-10-6-20(7-11-22)25(31)23-24(19-4-8-21(30)9-5-19)29(27(33)26(23)32)13-3-12-28-14-17-34-18-15-28/h4-11,24,30-31H,2-3,12-18H2,1H3/b25-23+/t24-/m1/s1. The smallest absolute Gasteiger partial charge is 0.295 e. The summed E-state index contributed by atoms with van der Waals surface area (Å²) >= 11 is 0. The average molecular weight is 481 g/mol. The average Bonchev–Trinajstić information content (AvgIpc) is 3.13. The Balaban J connectivity index is 1.63. The van der Waals surface area contributed by atoms with E-state index < -0.39 is 17.7 Å². The van der Waals surface area contributed by atoms with Crippen LogP contribution in [-0.4, -0.2) is 77.7 Å². The predicted octanol–water partition coefficient (Wildman–Crippen LogP) is 3.33. The maximum atomic E-state index is 13.1. The molecule has 2 N–H and O–H groups in total. The first-order valence-electron chi connectivity index (χ1n) is 12.1. The van der Waals surface area contributed by atoms with E-state index in [0.29, 0.717) is 49.7 Å². The molecule has 0 unspecified atom stereocenters. The third-order valence-corrected chi connectivity index (χ3v) is 6.33. The summed E-state index contributed by atoms with van der Waals surface area (Å²) in [5.74, 6) is -0.811. The molecule has 0 aromatic heterocycles. The minimum absolute atomic E-state index is 0.0503. The number of phenolic OH excluding ortho intramolecular Hbond substituents is 1. The van der Waals surface area contributed by atoms with Crippen LogP contribution in [0.25, 0.3) is 5.76 Å². The van der Waals surface area contributed by atoms with Crippen LogP contribution in [0.15, 0.2) is 54.1 Å². The van der Waals surface area contributed by atoms with E-state index in [-0.39, 0.29) is 17.1 Å². The highest BCUT2D eigenvalue weighted by Gasteiger charge is 2.45. The second-order valence-corrected chi connectivity index (χ2v) is 8.76. The Morgan fingerprint density at radius 3 is 2.37 bits per heavy atom. The topological polar surface area (TPSA) is 99.5 Å². The van der Waals surface area contributed by atoms with Gasteiger partial charge in [-0.15, -0.1) is 0 Å². The van der Waals surface area contributed by atoms with Crippen LogP contribution in [0.5, 0.6) is 11.5 Å². The molecule has 1 atom stereocenters. The van der Waals surface area contributed by atoms with Gasteiger partial charge in [-0.05, 0) is 54.8 Å². The van der Waals surface area contributed by atoms with Crippen molar-refractivity contribution in [1.82, 2.24) is 9.80 Å². The Morgan fingerprint density at radius 1 is 1.03 bits per heavy atom. The molecule has 0 aliphatic carbocycles. The van der Waals surface area contributed by atoms with Gasteiger partial charge in [-0.25, -0.2) is 0 Å². The van der Waals surface area contributed by atoms with E-state index in [9.17, 15) is 19.8 Å². The normalized spacial score (nSPS) is 20.4.